The van der Waals surface area contributed by atoms with Crippen molar-refractivity contribution in [2.75, 3.05) is 0 Å². The summed E-state index contributed by atoms with van der Waals surface area (Å²) in [7, 11) is 0. The number of fused-ring (bicyclic) bond motifs is 9. The number of para-hydroxylation sites is 5. The molecule has 0 aliphatic heterocycles. The van der Waals surface area contributed by atoms with Gasteiger partial charge in [0, 0.05) is 60.4 Å². The lowest BCUT2D eigenvalue weighted by atomic mass is 9.93. The molecule has 69 heavy (non-hydrogen) atoms. The van der Waals surface area contributed by atoms with Crippen LogP contribution in [0.25, 0.3) is 133 Å². The molecule has 4 aromatic heterocycles. The molecule has 4 heterocycles. The van der Waals surface area contributed by atoms with Gasteiger partial charge in [-0.1, -0.05) is 140 Å². The van der Waals surface area contributed by atoms with Gasteiger partial charge in [0.25, 0.3) is 0 Å². The Kier molecular flexibility index (Phi) is 8.83. The Hall–Kier alpha value is -9.32. The van der Waals surface area contributed by atoms with Gasteiger partial charge in [-0.15, -0.1) is 0 Å². The summed E-state index contributed by atoms with van der Waals surface area (Å²) in [4.78, 5) is 10.6. The van der Waals surface area contributed by atoms with Crippen LogP contribution < -0.4 is 0 Å². The molecule has 322 valence electrons. The SMILES string of the molecule is c1ccc(-c2nc(-c3cc(-c4ccc5c(c4)c4ccccc4n5-c4ccccc4)cc(-c4ccc5c(c4)c4ccccc4n5-c4ccccc4)c3)cc(-c3ccc4c(c3)oc3ccccc34)n2)cc1. The van der Waals surface area contributed by atoms with E-state index in [1.54, 1.807) is 0 Å². The third kappa shape index (κ3) is 6.47. The first kappa shape index (κ1) is 38.9. The van der Waals surface area contributed by atoms with Crippen molar-refractivity contribution < 1.29 is 4.42 Å². The average Bonchev–Trinajstić information content (AvgIpc) is 4.08. The molecule has 0 aliphatic rings. The summed E-state index contributed by atoms with van der Waals surface area (Å²) in [5, 5.41) is 7.00. The van der Waals surface area contributed by atoms with Gasteiger partial charge in [0.1, 0.15) is 11.2 Å². The zero-order chi connectivity index (χ0) is 45.4. The van der Waals surface area contributed by atoms with Gasteiger partial charge >= 0.3 is 0 Å². The van der Waals surface area contributed by atoms with Crippen molar-refractivity contribution in [1.29, 1.82) is 0 Å². The van der Waals surface area contributed by atoms with Crippen molar-refractivity contribution in [3.05, 3.63) is 243 Å². The third-order valence-electron chi connectivity index (χ3n) is 13.7. The first-order chi connectivity index (χ1) is 34.2. The second-order valence-electron chi connectivity index (χ2n) is 17.8. The number of rotatable bonds is 7. The molecule has 5 nitrogen and oxygen atoms in total. The predicted molar refractivity (Wildman–Crippen MR) is 285 cm³/mol. The molecule has 0 bridgehead atoms. The second-order valence-corrected chi connectivity index (χ2v) is 17.8. The molecule has 0 amide bonds. The quantitative estimate of drug-likeness (QED) is 0.160. The summed E-state index contributed by atoms with van der Waals surface area (Å²) >= 11 is 0. The Morgan fingerprint density at radius 3 is 1.30 bits per heavy atom. The Balaban J connectivity index is 1.000. The minimum atomic E-state index is 0.657. The molecule has 0 unspecified atom stereocenters. The minimum Gasteiger partial charge on any atom is -0.456 e. The van der Waals surface area contributed by atoms with Crippen LogP contribution in [0.15, 0.2) is 247 Å². The maximum absolute atomic E-state index is 6.40. The van der Waals surface area contributed by atoms with Crippen molar-refractivity contribution in [3.8, 4) is 67.5 Å². The van der Waals surface area contributed by atoms with Gasteiger partial charge in [-0.05, 0) is 125 Å². The van der Waals surface area contributed by atoms with Gasteiger partial charge in [-0.25, -0.2) is 9.97 Å². The number of aromatic nitrogens is 4. The molecule has 0 atom stereocenters. The van der Waals surface area contributed by atoms with Crippen LogP contribution in [0.2, 0.25) is 0 Å². The molecular formula is C64H40N4O. The second kappa shape index (κ2) is 15.7. The highest BCUT2D eigenvalue weighted by Crippen LogP contribution is 2.41. The topological polar surface area (TPSA) is 48.8 Å². The Morgan fingerprint density at radius 2 is 0.710 bits per heavy atom. The van der Waals surface area contributed by atoms with E-state index in [0.717, 1.165) is 94.7 Å². The summed E-state index contributed by atoms with van der Waals surface area (Å²) < 4.78 is 11.1. The van der Waals surface area contributed by atoms with Crippen LogP contribution in [0.5, 0.6) is 0 Å². The van der Waals surface area contributed by atoms with Crippen LogP contribution in [0.3, 0.4) is 0 Å². The first-order valence-electron chi connectivity index (χ1n) is 23.4. The zero-order valence-electron chi connectivity index (χ0n) is 37.3. The highest BCUT2D eigenvalue weighted by atomic mass is 16.3. The third-order valence-corrected chi connectivity index (χ3v) is 13.7. The van der Waals surface area contributed by atoms with Crippen molar-refractivity contribution in [1.82, 2.24) is 19.1 Å². The van der Waals surface area contributed by atoms with Crippen molar-refractivity contribution in [2.24, 2.45) is 0 Å². The molecule has 10 aromatic carbocycles. The smallest absolute Gasteiger partial charge is 0.160 e. The lowest BCUT2D eigenvalue weighted by Gasteiger charge is -2.14. The van der Waals surface area contributed by atoms with E-state index in [9.17, 15) is 0 Å². The van der Waals surface area contributed by atoms with Crippen molar-refractivity contribution >= 4 is 65.6 Å². The Labute approximate surface area is 397 Å². The van der Waals surface area contributed by atoms with E-state index >= 15 is 0 Å². The Bertz CT molecular complexity index is 4120. The van der Waals surface area contributed by atoms with Gasteiger partial charge in [0.05, 0.1) is 33.5 Å². The maximum Gasteiger partial charge on any atom is 0.160 e. The molecule has 14 rings (SSSR count). The summed E-state index contributed by atoms with van der Waals surface area (Å²) in [5.74, 6) is 0.657. The molecule has 14 aromatic rings. The van der Waals surface area contributed by atoms with Gasteiger partial charge in [-0.2, -0.15) is 0 Å². The highest BCUT2D eigenvalue weighted by molar-refractivity contribution is 6.12. The van der Waals surface area contributed by atoms with Crippen LogP contribution >= 0.6 is 0 Å². The number of furan rings is 1. The van der Waals surface area contributed by atoms with E-state index in [2.05, 4.69) is 221 Å². The van der Waals surface area contributed by atoms with Crippen LogP contribution in [-0.2, 0) is 0 Å². The van der Waals surface area contributed by atoms with Gasteiger partial charge in [-0.3, -0.25) is 0 Å². The van der Waals surface area contributed by atoms with E-state index < -0.39 is 0 Å². The fourth-order valence-electron chi connectivity index (χ4n) is 10.5. The number of hydrogen-bond donors (Lipinski definition) is 0. The molecule has 0 fully saturated rings. The van der Waals surface area contributed by atoms with E-state index in [-0.39, 0.29) is 0 Å². The summed E-state index contributed by atoms with van der Waals surface area (Å²) in [6, 6.07) is 86.5. The Morgan fingerprint density at radius 1 is 0.261 bits per heavy atom. The van der Waals surface area contributed by atoms with E-state index in [0.29, 0.717) is 5.82 Å². The normalized spacial score (nSPS) is 11.8. The van der Waals surface area contributed by atoms with Gasteiger partial charge in [0.2, 0.25) is 0 Å². The molecular weight excluding hydrogens is 841 g/mol. The first-order valence-corrected chi connectivity index (χ1v) is 23.4. The van der Waals surface area contributed by atoms with E-state index in [4.69, 9.17) is 14.4 Å². The molecule has 0 saturated carbocycles. The van der Waals surface area contributed by atoms with Crippen molar-refractivity contribution in [2.45, 2.75) is 0 Å². The lowest BCUT2D eigenvalue weighted by molar-refractivity contribution is 0.669. The molecule has 5 heteroatoms. The van der Waals surface area contributed by atoms with Crippen LogP contribution in [0.4, 0.5) is 0 Å². The summed E-state index contributed by atoms with van der Waals surface area (Å²) in [5.41, 5.74) is 17.6. The monoisotopic (exact) mass is 880 g/mol. The highest BCUT2D eigenvalue weighted by Gasteiger charge is 2.19. The van der Waals surface area contributed by atoms with Crippen molar-refractivity contribution in [3.63, 3.8) is 0 Å². The van der Waals surface area contributed by atoms with E-state index in [1.807, 2.05) is 30.3 Å². The van der Waals surface area contributed by atoms with Gasteiger partial charge in [0.15, 0.2) is 5.82 Å². The summed E-state index contributed by atoms with van der Waals surface area (Å²) in [6.45, 7) is 0. The molecule has 0 saturated heterocycles. The zero-order valence-corrected chi connectivity index (χ0v) is 37.3. The van der Waals surface area contributed by atoms with Gasteiger partial charge < -0.3 is 13.6 Å². The predicted octanol–water partition coefficient (Wildman–Crippen LogP) is 16.9. The van der Waals surface area contributed by atoms with E-state index in [1.165, 1.54) is 32.6 Å². The fourth-order valence-corrected chi connectivity index (χ4v) is 10.5. The molecule has 0 radical (unpaired) electrons. The van der Waals surface area contributed by atoms with Crippen LogP contribution in [0, 0.1) is 0 Å². The number of nitrogens with zero attached hydrogens (tertiary/aromatic N) is 4. The number of benzene rings is 10. The molecule has 0 aliphatic carbocycles. The molecule has 0 N–H and O–H groups in total. The van der Waals surface area contributed by atoms with Crippen LogP contribution in [-0.4, -0.2) is 19.1 Å². The van der Waals surface area contributed by atoms with Crippen LogP contribution in [0.1, 0.15) is 0 Å². The fraction of sp³-hybridized carbons (Fsp3) is 0. The summed E-state index contributed by atoms with van der Waals surface area (Å²) in [6.07, 6.45) is 0. The maximum atomic E-state index is 6.40. The lowest BCUT2D eigenvalue weighted by Crippen LogP contribution is -1.97. The largest absolute Gasteiger partial charge is 0.456 e. The average molecular weight is 881 g/mol. The molecule has 0 spiro atoms. The standard InChI is InChI=1S/C64H40N4O/c1-4-16-41(17-5-1)64-65-56(44-28-31-53-52-24-12-15-27-62(52)69-63(53)39-44)40-57(66-64)47-35-45(42-29-32-60-54(37-42)50-22-10-13-25-58(50)67(60)48-18-6-2-7-19-48)34-46(36-47)43-30-33-61-55(38-43)51-23-11-14-26-59(51)68(61)49-20-8-3-9-21-49/h1-40H. The number of hydrogen-bond acceptors (Lipinski definition) is 3. The minimum absolute atomic E-state index is 0.657.